The van der Waals surface area contributed by atoms with Gasteiger partial charge in [-0.3, -0.25) is 0 Å². The zero-order valence-electron chi connectivity index (χ0n) is 17.0. The monoisotopic (exact) mass is 397 g/mol. The maximum atomic E-state index is 12.3. The lowest BCUT2D eigenvalue weighted by Crippen LogP contribution is -2.47. The molecule has 146 valence electrons. The second kappa shape index (κ2) is 7.91. The molecule has 1 unspecified atom stereocenters. The molecule has 0 spiro atoms. The summed E-state index contributed by atoms with van der Waals surface area (Å²) in [5.41, 5.74) is 2.03. The van der Waals surface area contributed by atoms with Crippen LogP contribution in [0, 0.1) is 0 Å². The minimum atomic E-state index is -2.01. The molecule has 0 heterocycles. The number of rotatable bonds is 4. The van der Waals surface area contributed by atoms with Gasteiger partial charge in [-0.15, -0.1) is 0 Å². The highest BCUT2D eigenvalue weighted by molar-refractivity contribution is 6.74. The van der Waals surface area contributed by atoms with Crippen molar-refractivity contribution in [2.75, 3.05) is 0 Å². The summed E-state index contributed by atoms with van der Waals surface area (Å²) >= 11 is 6.50. The first-order chi connectivity index (χ1) is 11.9. The second-order valence-corrected chi connectivity index (χ2v) is 14.1. The number of alkyl carbamates (subject to hydrolysis) is 1. The van der Waals surface area contributed by atoms with E-state index in [9.17, 15) is 4.79 Å². The van der Waals surface area contributed by atoms with Gasteiger partial charge in [0.15, 0.2) is 14.4 Å². The van der Waals surface area contributed by atoms with Crippen LogP contribution in [-0.4, -0.2) is 26.6 Å². The molecule has 0 bridgehead atoms. The van der Waals surface area contributed by atoms with Crippen LogP contribution in [0.3, 0.4) is 0 Å². The van der Waals surface area contributed by atoms with Gasteiger partial charge in [0.05, 0.1) is 6.10 Å². The number of aryl methyl sites for hydroxylation is 1. The SMILES string of the molecule is CC(C)NC(=O)O[C@H]1c2c(Cl)cccc2CCC1O[Si](C)(C)C(C)(C)C. The van der Waals surface area contributed by atoms with Crippen molar-refractivity contribution in [1.29, 1.82) is 0 Å². The summed E-state index contributed by atoms with van der Waals surface area (Å²) in [6.07, 6.45) is 0.600. The molecule has 4 nitrogen and oxygen atoms in total. The van der Waals surface area contributed by atoms with Crippen LogP contribution in [0.2, 0.25) is 23.2 Å². The van der Waals surface area contributed by atoms with Gasteiger partial charge in [-0.1, -0.05) is 44.5 Å². The van der Waals surface area contributed by atoms with Crippen molar-refractivity contribution in [3.8, 4) is 0 Å². The molecule has 1 amide bonds. The fourth-order valence-electron chi connectivity index (χ4n) is 2.95. The van der Waals surface area contributed by atoms with Crippen molar-refractivity contribution < 1.29 is 14.0 Å². The van der Waals surface area contributed by atoms with E-state index in [1.807, 2.05) is 26.0 Å². The number of ether oxygens (including phenoxy) is 1. The Morgan fingerprint density at radius 2 is 1.96 bits per heavy atom. The van der Waals surface area contributed by atoms with Crippen LogP contribution in [0.25, 0.3) is 0 Å². The zero-order chi connectivity index (χ0) is 19.7. The van der Waals surface area contributed by atoms with E-state index in [-0.39, 0.29) is 17.2 Å². The number of hydrogen-bond acceptors (Lipinski definition) is 3. The number of benzene rings is 1. The van der Waals surface area contributed by atoms with E-state index in [0.29, 0.717) is 5.02 Å². The van der Waals surface area contributed by atoms with Crippen LogP contribution in [0.4, 0.5) is 4.79 Å². The number of hydrogen-bond donors (Lipinski definition) is 1. The number of nitrogens with one attached hydrogen (secondary N) is 1. The number of carbonyl (C=O) groups is 1. The predicted molar refractivity (Wildman–Crippen MR) is 109 cm³/mol. The van der Waals surface area contributed by atoms with Gasteiger partial charge in [0.1, 0.15) is 0 Å². The molecule has 0 aliphatic heterocycles. The van der Waals surface area contributed by atoms with Crippen molar-refractivity contribution in [1.82, 2.24) is 5.32 Å². The van der Waals surface area contributed by atoms with Gasteiger partial charge in [-0.25, -0.2) is 4.79 Å². The molecule has 2 rings (SSSR count). The van der Waals surface area contributed by atoms with Crippen molar-refractivity contribution in [2.45, 2.75) is 83.8 Å². The van der Waals surface area contributed by atoms with Crippen LogP contribution in [-0.2, 0) is 15.6 Å². The first-order valence-corrected chi connectivity index (χ1v) is 12.6. The highest BCUT2D eigenvalue weighted by Gasteiger charge is 2.44. The Bertz CT molecular complexity index is 655. The average Bonchev–Trinajstić information content (AvgIpc) is 2.47. The summed E-state index contributed by atoms with van der Waals surface area (Å²) in [6.45, 7) is 14.9. The molecular weight excluding hydrogens is 366 g/mol. The summed E-state index contributed by atoms with van der Waals surface area (Å²) in [6, 6.07) is 5.87. The predicted octanol–water partition coefficient (Wildman–Crippen LogP) is 5.85. The summed E-state index contributed by atoms with van der Waals surface area (Å²) in [5.74, 6) is 0. The summed E-state index contributed by atoms with van der Waals surface area (Å²) < 4.78 is 12.5. The summed E-state index contributed by atoms with van der Waals surface area (Å²) in [5, 5.41) is 3.52. The standard InChI is InChI=1S/C20H32ClNO3Si/c1-13(2)22-19(23)24-18-16(25-26(6,7)20(3,4)5)12-11-14-9-8-10-15(21)17(14)18/h8-10,13,16,18H,11-12H2,1-7H3,(H,22,23)/t16?,18-/m1/s1. The molecule has 0 saturated heterocycles. The Morgan fingerprint density at radius 1 is 1.31 bits per heavy atom. The van der Waals surface area contributed by atoms with Crippen molar-refractivity contribution in [3.05, 3.63) is 34.3 Å². The molecular formula is C20H32ClNO3Si. The molecule has 1 aliphatic carbocycles. The van der Waals surface area contributed by atoms with Crippen LogP contribution in [0.5, 0.6) is 0 Å². The first-order valence-electron chi connectivity index (χ1n) is 9.34. The van der Waals surface area contributed by atoms with E-state index >= 15 is 0 Å². The van der Waals surface area contributed by atoms with Crippen LogP contribution in [0.1, 0.15) is 58.3 Å². The lowest BCUT2D eigenvalue weighted by atomic mass is 9.87. The van der Waals surface area contributed by atoms with Crippen LogP contribution < -0.4 is 5.32 Å². The largest absolute Gasteiger partial charge is 0.439 e. The Labute approximate surface area is 163 Å². The third kappa shape index (κ3) is 4.81. The zero-order valence-corrected chi connectivity index (χ0v) is 18.7. The second-order valence-electron chi connectivity index (χ2n) is 8.89. The molecule has 1 N–H and O–H groups in total. The minimum absolute atomic E-state index is 0.0107. The smallest absolute Gasteiger partial charge is 0.408 e. The summed E-state index contributed by atoms with van der Waals surface area (Å²) in [4.78, 5) is 12.3. The van der Waals surface area contributed by atoms with Crippen LogP contribution in [0.15, 0.2) is 18.2 Å². The number of carbonyl (C=O) groups excluding carboxylic acids is 1. The van der Waals surface area contributed by atoms with Crippen LogP contribution >= 0.6 is 11.6 Å². The first kappa shape index (κ1) is 21.3. The van der Waals surface area contributed by atoms with E-state index in [0.717, 1.165) is 24.0 Å². The lowest BCUT2D eigenvalue weighted by molar-refractivity contribution is -0.00245. The number of halogens is 1. The van der Waals surface area contributed by atoms with Gasteiger partial charge in [0.25, 0.3) is 0 Å². The molecule has 0 aromatic heterocycles. The Kier molecular flexibility index (Phi) is 6.47. The van der Waals surface area contributed by atoms with Crippen molar-refractivity contribution in [3.63, 3.8) is 0 Å². The molecule has 1 aromatic carbocycles. The molecule has 1 aliphatic rings. The Balaban J connectivity index is 2.35. The average molecular weight is 398 g/mol. The Morgan fingerprint density at radius 3 is 2.54 bits per heavy atom. The van der Waals surface area contributed by atoms with E-state index in [4.69, 9.17) is 20.8 Å². The molecule has 1 aromatic rings. The fraction of sp³-hybridized carbons (Fsp3) is 0.650. The van der Waals surface area contributed by atoms with Gasteiger partial charge < -0.3 is 14.5 Å². The molecule has 0 fully saturated rings. The molecule has 26 heavy (non-hydrogen) atoms. The van der Waals surface area contributed by atoms with Crippen molar-refractivity contribution in [2.24, 2.45) is 0 Å². The topological polar surface area (TPSA) is 47.6 Å². The third-order valence-corrected chi connectivity index (χ3v) is 10.2. The molecule has 0 radical (unpaired) electrons. The van der Waals surface area contributed by atoms with Gasteiger partial charge in [0, 0.05) is 16.6 Å². The van der Waals surface area contributed by atoms with E-state index in [1.165, 1.54) is 0 Å². The normalized spacial score (nSPS) is 20.7. The highest BCUT2D eigenvalue weighted by atomic mass is 35.5. The highest BCUT2D eigenvalue weighted by Crippen LogP contribution is 2.44. The van der Waals surface area contributed by atoms with E-state index in [1.54, 1.807) is 0 Å². The lowest BCUT2D eigenvalue weighted by Gasteiger charge is -2.43. The fourth-order valence-corrected chi connectivity index (χ4v) is 4.60. The van der Waals surface area contributed by atoms with E-state index < -0.39 is 20.5 Å². The Hall–Kier alpha value is -1.04. The van der Waals surface area contributed by atoms with Gasteiger partial charge >= 0.3 is 6.09 Å². The van der Waals surface area contributed by atoms with Crippen molar-refractivity contribution >= 4 is 26.0 Å². The molecule has 0 saturated carbocycles. The molecule has 6 heteroatoms. The maximum Gasteiger partial charge on any atom is 0.408 e. The third-order valence-electron chi connectivity index (χ3n) is 5.36. The van der Waals surface area contributed by atoms with E-state index in [2.05, 4.69) is 45.2 Å². The quantitative estimate of drug-likeness (QED) is 0.648. The molecule has 2 atom stereocenters. The van der Waals surface area contributed by atoms with Gasteiger partial charge in [-0.2, -0.15) is 0 Å². The van der Waals surface area contributed by atoms with Gasteiger partial charge in [-0.05, 0) is 56.5 Å². The number of amides is 1. The number of fused-ring (bicyclic) bond motifs is 1. The minimum Gasteiger partial charge on any atom is -0.439 e. The maximum absolute atomic E-state index is 12.3. The van der Waals surface area contributed by atoms with Gasteiger partial charge in [0.2, 0.25) is 0 Å². The summed E-state index contributed by atoms with van der Waals surface area (Å²) in [7, 11) is -2.01.